The number of amides is 4. The molecule has 3 aliphatic rings. The van der Waals surface area contributed by atoms with E-state index >= 15 is 0 Å². The molecule has 1 saturated carbocycles. The van der Waals surface area contributed by atoms with Gasteiger partial charge in [-0.15, -0.1) is 0 Å². The van der Waals surface area contributed by atoms with Gasteiger partial charge in [0.25, 0.3) is 5.91 Å². The average molecular weight is 335 g/mol. The van der Waals surface area contributed by atoms with Gasteiger partial charge in [-0.2, -0.15) is 0 Å². The van der Waals surface area contributed by atoms with Gasteiger partial charge in [-0.1, -0.05) is 39.5 Å². The van der Waals surface area contributed by atoms with Crippen LogP contribution in [0.1, 0.15) is 58.8 Å². The average Bonchev–Trinajstić information content (AvgIpc) is 2.70. The molecule has 2 atom stereocenters. The van der Waals surface area contributed by atoms with Crippen molar-refractivity contribution in [1.29, 1.82) is 0 Å². The molecule has 3 fully saturated rings. The van der Waals surface area contributed by atoms with Crippen molar-refractivity contribution in [3.8, 4) is 0 Å². The van der Waals surface area contributed by atoms with Gasteiger partial charge in [0.1, 0.15) is 12.1 Å². The van der Waals surface area contributed by atoms with Crippen molar-refractivity contribution >= 4 is 17.8 Å². The number of carbonyl (C=O) groups is 3. The molecule has 2 saturated heterocycles. The summed E-state index contributed by atoms with van der Waals surface area (Å²) in [5.41, 5.74) is -0.754. The van der Waals surface area contributed by atoms with E-state index in [9.17, 15) is 14.4 Å². The first kappa shape index (κ1) is 17.2. The summed E-state index contributed by atoms with van der Waals surface area (Å²) in [6.45, 7) is 5.61. The highest BCUT2D eigenvalue weighted by Crippen LogP contribution is 2.32. The van der Waals surface area contributed by atoms with Crippen LogP contribution in [0.2, 0.25) is 0 Å². The summed E-state index contributed by atoms with van der Waals surface area (Å²) >= 11 is 0. The van der Waals surface area contributed by atoms with Crippen LogP contribution < -0.4 is 5.32 Å². The Kier molecular flexibility index (Phi) is 4.83. The molecule has 0 unspecified atom stereocenters. The maximum absolute atomic E-state index is 12.9. The summed E-state index contributed by atoms with van der Waals surface area (Å²) in [4.78, 5) is 40.8. The van der Waals surface area contributed by atoms with Gasteiger partial charge in [0.05, 0.1) is 0 Å². The zero-order valence-electron chi connectivity index (χ0n) is 14.8. The van der Waals surface area contributed by atoms with Crippen molar-refractivity contribution in [3.05, 3.63) is 0 Å². The zero-order valence-corrected chi connectivity index (χ0v) is 14.8. The number of hydrogen-bond donors (Lipinski definition) is 1. The Morgan fingerprint density at radius 2 is 1.67 bits per heavy atom. The van der Waals surface area contributed by atoms with Crippen molar-refractivity contribution in [2.24, 2.45) is 11.8 Å². The third kappa shape index (κ3) is 3.28. The summed E-state index contributed by atoms with van der Waals surface area (Å²) in [5.74, 6) is 0.631. The second-order valence-electron chi connectivity index (χ2n) is 8.06. The Bertz CT molecular complexity index is 516. The molecule has 2 aliphatic heterocycles. The van der Waals surface area contributed by atoms with Crippen molar-refractivity contribution < 1.29 is 14.4 Å². The van der Waals surface area contributed by atoms with Crippen LogP contribution >= 0.6 is 0 Å². The zero-order chi connectivity index (χ0) is 17.3. The van der Waals surface area contributed by atoms with Crippen LogP contribution in [0, 0.1) is 11.8 Å². The smallest absolute Gasteiger partial charge is 0.325 e. The SMILES string of the molecule is C[C@H]1C[C@H](C)CN(C(=O)CN2C(=O)NC3(CCCCCC3)C2=O)C1. The second-order valence-corrected chi connectivity index (χ2v) is 8.06. The van der Waals surface area contributed by atoms with Crippen LogP contribution in [0.25, 0.3) is 0 Å². The Morgan fingerprint density at radius 1 is 1.08 bits per heavy atom. The minimum Gasteiger partial charge on any atom is -0.341 e. The molecule has 0 aromatic heterocycles. The molecule has 6 nitrogen and oxygen atoms in total. The van der Waals surface area contributed by atoms with Crippen LogP contribution in [-0.2, 0) is 9.59 Å². The van der Waals surface area contributed by atoms with E-state index in [2.05, 4.69) is 19.2 Å². The van der Waals surface area contributed by atoms with Crippen LogP contribution in [0.15, 0.2) is 0 Å². The predicted octanol–water partition coefficient (Wildman–Crippen LogP) is 2.14. The summed E-state index contributed by atoms with van der Waals surface area (Å²) < 4.78 is 0. The Balaban J connectivity index is 1.67. The lowest BCUT2D eigenvalue weighted by Gasteiger charge is -2.35. The first-order valence-corrected chi connectivity index (χ1v) is 9.33. The third-order valence-corrected chi connectivity index (χ3v) is 5.72. The Morgan fingerprint density at radius 3 is 2.25 bits per heavy atom. The number of hydrogen-bond acceptors (Lipinski definition) is 3. The van der Waals surface area contributed by atoms with E-state index in [0.29, 0.717) is 24.7 Å². The molecule has 1 aliphatic carbocycles. The van der Waals surface area contributed by atoms with Crippen molar-refractivity contribution in [2.45, 2.75) is 64.3 Å². The molecule has 0 aromatic rings. The Hall–Kier alpha value is -1.59. The number of nitrogens with zero attached hydrogens (tertiary/aromatic N) is 2. The van der Waals surface area contributed by atoms with E-state index in [1.54, 1.807) is 0 Å². The summed E-state index contributed by atoms with van der Waals surface area (Å²) in [6.07, 6.45) is 6.63. The topological polar surface area (TPSA) is 69.7 Å². The predicted molar refractivity (Wildman–Crippen MR) is 90.2 cm³/mol. The maximum atomic E-state index is 12.9. The minimum atomic E-state index is -0.754. The van der Waals surface area contributed by atoms with Crippen LogP contribution in [-0.4, -0.2) is 52.8 Å². The number of carbonyl (C=O) groups excluding carboxylic acids is 3. The molecule has 6 heteroatoms. The first-order chi connectivity index (χ1) is 11.4. The maximum Gasteiger partial charge on any atom is 0.325 e. The lowest BCUT2D eigenvalue weighted by Crippen LogP contribution is -2.49. The van der Waals surface area contributed by atoms with Gasteiger partial charge in [-0.3, -0.25) is 14.5 Å². The highest BCUT2D eigenvalue weighted by molar-refractivity contribution is 6.09. The molecule has 4 amide bonds. The fourth-order valence-electron chi connectivity index (χ4n) is 4.59. The van der Waals surface area contributed by atoms with Gasteiger partial charge in [0.2, 0.25) is 5.91 Å². The summed E-state index contributed by atoms with van der Waals surface area (Å²) in [5, 5.41) is 2.90. The van der Waals surface area contributed by atoms with Crippen LogP contribution in [0.5, 0.6) is 0 Å². The van der Waals surface area contributed by atoms with Gasteiger partial charge in [-0.25, -0.2) is 4.79 Å². The molecular weight excluding hydrogens is 306 g/mol. The second kappa shape index (κ2) is 6.73. The molecule has 0 aromatic carbocycles. The summed E-state index contributed by atoms with van der Waals surface area (Å²) in [6, 6.07) is -0.395. The molecule has 0 radical (unpaired) electrons. The molecule has 0 bridgehead atoms. The number of imide groups is 1. The summed E-state index contributed by atoms with van der Waals surface area (Å²) in [7, 11) is 0. The lowest BCUT2D eigenvalue weighted by atomic mass is 9.90. The van der Waals surface area contributed by atoms with Gasteiger partial charge < -0.3 is 10.2 Å². The monoisotopic (exact) mass is 335 g/mol. The number of likely N-dealkylation sites (tertiary alicyclic amines) is 1. The number of nitrogens with one attached hydrogen (secondary N) is 1. The molecule has 2 heterocycles. The first-order valence-electron chi connectivity index (χ1n) is 9.33. The van der Waals surface area contributed by atoms with Crippen LogP contribution in [0.3, 0.4) is 0 Å². The third-order valence-electron chi connectivity index (χ3n) is 5.72. The standard InChI is InChI=1S/C18H29N3O3/c1-13-9-14(2)11-20(10-13)15(22)12-21-16(23)18(19-17(21)24)7-5-3-4-6-8-18/h13-14H,3-12H2,1-2H3,(H,19,24)/t13-,14-/m0/s1. The van der Waals surface area contributed by atoms with E-state index in [1.807, 2.05) is 4.90 Å². The minimum absolute atomic E-state index is 0.109. The van der Waals surface area contributed by atoms with E-state index in [1.165, 1.54) is 0 Å². The molecular formula is C18H29N3O3. The number of urea groups is 1. The largest absolute Gasteiger partial charge is 0.341 e. The molecule has 134 valence electrons. The molecule has 24 heavy (non-hydrogen) atoms. The fourth-order valence-corrected chi connectivity index (χ4v) is 4.59. The van der Waals surface area contributed by atoms with E-state index in [-0.39, 0.29) is 18.4 Å². The number of piperidine rings is 1. The van der Waals surface area contributed by atoms with Gasteiger partial charge >= 0.3 is 6.03 Å². The fraction of sp³-hybridized carbons (Fsp3) is 0.833. The highest BCUT2D eigenvalue weighted by atomic mass is 16.2. The van der Waals surface area contributed by atoms with Crippen molar-refractivity contribution in [3.63, 3.8) is 0 Å². The van der Waals surface area contributed by atoms with Gasteiger partial charge in [-0.05, 0) is 31.1 Å². The van der Waals surface area contributed by atoms with Crippen LogP contribution in [0.4, 0.5) is 4.79 Å². The quantitative estimate of drug-likeness (QED) is 0.786. The Labute approximate surface area is 143 Å². The molecule has 1 spiro atoms. The molecule has 1 N–H and O–H groups in total. The number of rotatable bonds is 2. The van der Waals surface area contributed by atoms with E-state index in [0.717, 1.165) is 50.1 Å². The van der Waals surface area contributed by atoms with Crippen molar-refractivity contribution in [2.75, 3.05) is 19.6 Å². The molecule has 3 rings (SSSR count). The van der Waals surface area contributed by atoms with E-state index in [4.69, 9.17) is 0 Å². The van der Waals surface area contributed by atoms with Gasteiger partial charge in [0, 0.05) is 13.1 Å². The van der Waals surface area contributed by atoms with Crippen molar-refractivity contribution in [1.82, 2.24) is 15.1 Å². The van der Waals surface area contributed by atoms with E-state index < -0.39 is 11.6 Å². The van der Waals surface area contributed by atoms with Gasteiger partial charge in [0.15, 0.2) is 0 Å². The normalized spacial score (nSPS) is 30.4. The lowest BCUT2D eigenvalue weighted by molar-refractivity contribution is -0.140. The highest BCUT2D eigenvalue weighted by Gasteiger charge is 2.51.